The number of benzene rings is 3. The van der Waals surface area contributed by atoms with Crippen LogP contribution in [0.15, 0.2) is 79.0 Å². The lowest BCUT2D eigenvalue weighted by molar-refractivity contribution is -0.135. The highest BCUT2D eigenvalue weighted by Crippen LogP contribution is 2.34. The molecule has 38 heavy (non-hydrogen) atoms. The highest BCUT2D eigenvalue weighted by molar-refractivity contribution is 5.84. The number of imidazole rings is 1. The normalized spacial score (nSPS) is 16.9. The molecule has 1 aromatic heterocycles. The summed E-state index contributed by atoms with van der Waals surface area (Å²) in [6, 6.07) is 23.4. The second-order valence-corrected chi connectivity index (χ2v) is 9.55. The first-order chi connectivity index (χ1) is 18.7. The SMILES string of the molecule is COCNC(C(=O)N1CCCC1c1nc2ccc(C#Cc3ccc(C4=CN4)cc3)cc2[nH]1)c1ccccc1. The zero-order chi connectivity index (χ0) is 25.9. The Morgan fingerprint density at radius 3 is 2.63 bits per heavy atom. The summed E-state index contributed by atoms with van der Waals surface area (Å²) in [7, 11) is 1.62. The van der Waals surface area contributed by atoms with Gasteiger partial charge in [-0.1, -0.05) is 54.3 Å². The van der Waals surface area contributed by atoms with E-state index in [1.165, 1.54) is 5.56 Å². The molecule has 2 aliphatic heterocycles. The number of carbonyl (C=O) groups is 1. The fourth-order valence-corrected chi connectivity index (χ4v) is 4.99. The van der Waals surface area contributed by atoms with E-state index in [0.717, 1.165) is 52.1 Å². The number of hydrogen-bond donors (Lipinski definition) is 3. The molecule has 0 radical (unpaired) electrons. The molecule has 3 aromatic carbocycles. The summed E-state index contributed by atoms with van der Waals surface area (Å²) in [5.41, 5.74) is 6.93. The van der Waals surface area contributed by atoms with Gasteiger partial charge in [-0.3, -0.25) is 10.1 Å². The summed E-state index contributed by atoms with van der Waals surface area (Å²) in [5.74, 6) is 7.35. The number of carbonyl (C=O) groups excluding carboxylic acids is 1. The third kappa shape index (κ3) is 5.05. The van der Waals surface area contributed by atoms with Crippen LogP contribution in [0, 0.1) is 11.8 Å². The van der Waals surface area contributed by atoms with Crippen molar-refractivity contribution in [3.05, 3.63) is 107 Å². The van der Waals surface area contributed by atoms with Crippen molar-refractivity contribution in [2.75, 3.05) is 20.4 Å². The number of hydrogen-bond acceptors (Lipinski definition) is 5. The summed E-state index contributed by atoms with van der Waals surface area (Å²) < 4.78 is 5.22. The molecule has 2 atom stereocenters. The zero-order valence-electron chi connectivity index (χ0n) is 21.2. The van der Waals surface area contributed by atoms with Crippen molar-refractivity contribution in [1.29, 1.82) is 0 Å². The maximum absolute atomic E-state index is 13.7. The van der Waals surface area contributed by atoms with Crippen molar-refractivity contribution in [2.45, 2.75) is 24.9 Å². The highest BCUT2D eigenvalue weighted by Gasteiger charge is 2.36. The molecule has 3 heterocycles. The summed E-state index contributed by atoms with van der Waals surface area (Å²) in [6.45, 7) is 0.985. The Hall–Kier alpha value is -4.38. The van der Waals surface area contributed by atoms with E-state index in [1.807, 2.05) is 71.8 Å². The minimum Gasteiger partial charge on any atom is -0.370 e. The van der Waals surface area contributed by atoms with Gasteiger partial charge in [-0.2, -0.15) is 0 Å². The van der Waals surface area contributed by atoms with Gasteiger partial charge < -0.3 is 19.9 Å². The van der Waals surface area contributed by atoms with E-state index in [-0.39, 0.29) is 18.7 Å². The van der Waals surface area contributed by atoms with Gasteiger partial charge in [-0.25, -0.2) is 4.98 Å². The van der Waals surface area contributed by atoms with Crippen molar-refractivity contribution in [3.8, 4) is 11.8 Å². The minimum atomic E-state index is -0.477. The second kappa shape index (κ2) is 10.5. The second-order valence-electron chi connectivity index (χ2n) is 9.55. The van der Waals surface area contributed by atoms with Crippen LogP contribution in [0.4, 0.5) is 0 Å². The molecular weight excluding hydrogens is 474 g/mol. The molecule has 1 fully saturated rings. The topological polar surface area (TPSA) is 92.2 Å². The Morgan fingerprint density at radius 1 is 1.11 bits per heavy atom. The Labute approximate surface area is 221 Å². The fraction of sp³-hybridized carbons (Fsp3) is 0.226. The van der Waals surface area contributed by atoms with Crippen molar-refractivity contribution in [2.24, 2.45) is 0 Å². The van der Waals surface area contributed by atoms with Gasteiger partial charge in [0.15, 0.2) is 0 Å². The summed E-state index contributed by atoms with van der Waals surface area (Å²) in [4.78, 5) is 24.0. The van der Waals surface area contributed by atoms with Crippen molar-refractivity contribution >= 4 is 22.6 Å². The van der Waals surface area contributed by atoms with Gasteiger partial charge in [0.2, 0.25) is 5.91 Å². The number of nitrogens with one attached hydrogen (secondary N) is 3. The minimum absolute atomic E-state index is 0.0301. The lowest BCUT2D eigenvalue weighted by Crippen LogP contribution is -2.41. The lowest BCUT2D eigenvalue weighted by Gasteiger charge is -2.28. The van der Waals surface area contributed by atoms with E-state index in [0.29, 0.717) is 6.54 Å². The van der Waals surface area contributed by atoms with Crippen LogP contribution in [0.1, 0.15) is 53.0 Å². The van der Waals surface area contributed by atoms with E-state index in [9.17, 15) is 4.79 Å². The monoisotopic (exact) mass is 503 g/mol. The third-order valence-corrected chi connectivity index (χ3v) is 7.00. The standard InChI is InChI=1S/C31H29N5O2/c1-38-20-33-29(24-6-3-2-4-7-24)31(37)36-17-5-8-28(36)30-34-25-16-13-22(18-26(25)35-30)10-9-21-11-14-23(15-12-21)27-19-32-27/h2-4,6-7,11-16,18-19,28-29,32-33H,5,8,17,20H2,1H3,(H,34,35). The van der Waals surface area contributed by atoms with Crippen LogP contribution < -0.4 is 10.6 Å². The van der Waals surface area contributed by atoms with Crippen LogP contribution in [0.5, 0.6) is 0 Å². The number of likely N-dealkylation sites (tertiary alicyclic amines) is 1. The van der Waals surface area contributed by atoms with Crippen LogP contribution in [0.3, 0.4) is 0 Å². The molecule has 0 spiro atoms. The van der Waals surface area contributed by atoms with Crippen LogP contribution in [-0.4, -0.2) is 41.2 Å². The van der Waals surface area contributed by atoms with Crippen LogP contribution in [0.25, 0.3) is 16.7 Å². The van der Waals surface area contributed by atoms with E-state index in [1.54, 1.807) is 7.11 Å². The summed E-state index contributed by atoms with van der Waals surface area (Å²) >= 11 is 0. The number of fused-ring (bicyclic) bond motifs is 1. The number of methoxy groups -OCH3 is 1. The smallest absolute Gasteiger partial charge is 0.244 e. The molecule has 2 unspecified atom stereocenters. The lowest BCUT2D eigenvalue weighted by atomic mass is 10.1. The maximum atomic E-state index is 13.7. The van der Waals surface area contributed by atoms with E-state index >= 15 is 0 Å². The van der Waals surface area contributed by atoms with Crippen molar-refractivity contribution in [3.63, 3.8) is 0 Å². The number of nitrogens with zero attached hydrogens (tertiary/aromatic N) is 2. The third-order valence-electron chi connectivity index (χ3n) is 7.00. The fourth-order valence-electron chi connectivity index (χ4n) is 4.99. The Balaban J connectivity index is 1.22. The van der Waals surface area contributed by atoms with E-state index < -0.39 is 6.04 Å². The number of H-pyrrole nitrogens is 1. The predicted octanol–water partition coefficient (Wildman–Crippen LogP) is 4.46. The number of amides is 1. The molecule has 7 heteroatoms. The quantitative estimate of drug-likeness (QED) is 0.256. The van der Waals surface area contributed by atoms with Crippen molar-refractivity contribution < 1.29 is 9.53 Å². The van der Waals surface area contributed by atoms with E-state index in [2.05, 4.69) is 39.6 Å². The maximum Gasteiger partial charge on any atom is 0.244 e. The van der Waals surface area contributed by atoms with Gasteiger partial charge in [0.05, 0.1) is 29.5 Å². The summed E-state index contributed by atoms with van der Waals surface area (Å²) in [5, 5.41) is 6.36. The van der Waals surface area contributed by atoms with Gasteiger partial charge in [0.25, 0.3) is 0 Å². The zero-order valence-corrected chi connectivity index (χ0v) is 21.2. The molecule has 0 bridgehead atoms. The van der Waals surface area contributed by atoms with Gasteiger partial charge >= 0.3 is 0 Å². The molecule has 2 aliphatic rings. The van der Waals surface area contributed by atoms with Crippen LogP contribution in [0.2, 0.25) is 0 Å². The molecular formula is C31H29N5O2. The molecule has 3 N–H and O–H groups in total. The number of aromatic amines is 1. The molecule has 0 saturated carbocycles. The predicted molar refractivity (Wildman–Crippen MR) is 148 cm³/mol. The summed E-state index contributed by atoms with van der Waals surface area (Å²) in [6.07, 6.45) is 3.78. The first-order valence-corrected chi connectivity index (χ1v) is 12.9. The Bertz CT molecular complexity index is 1550. The first-order valence-electron chi connectivity index (χ1n) is 12.9. The molecule has 0 aliphatic carbocycles. The number of ether oxygens (including phenoxy) is 1. The Morgan fingerprint density at radius 2 is 1.87 bits per heavy atom. The molecule has 4 aromatic rings. The molecule has 190 valence electrons. The van der Waals surface area contributed by atoms with Gasteiger partial charge in [-0.05, 0) is 54.3 Å². The van der Waals surface area contributed by atoms with Crippen LogP contribution in [-0.2, 0) is 9.53 Å². The molecule has 7 nitrogen and oxygen atoms in total. The van der Waals surface area contributed by atoms with Gasteiger partial charge in [-0.15, -0.1) is 0 Å². The van der Waals surface area contributed by atoms with Crippen molar-refractivity contribution in [1.82, 2.24) is 25.5 Å². The number of rotatable bonds is 7. The first kappa shape index (κ1) is 24.0. The molecule has 1 saturated heterocycles. The van der Waals surface area contributed by atoms with E-state index in [4.69, 9.17) is 9.72 Å². The average molecular weight is 504 g/mol. The molecule has 6 rings (SSSR count). The van der Waals surface area contributed by atoms with Crippen LogP contribution >= 0.6 is 0 Å². The Kier molecular flexibility index (Phi) is 6.65. The largest absolute Gasteiger partial charge is 0.370 e. The van der Waals surface area contributed by atoms with Gasteiger partial charge in [0, 0.05) is 31.0 Å². The van der Waals surface area contributed by atoms with Gasteiger partial charge in [0.1, 0.15) is 11.9 Å². The highest BCUT2D eigenvalue weighted by atomic mass is 16.5. The molecule has 1 amide bonds. The average Bonchev–Trinajstić information content (AvgIpc) is 3.53. The number of aromatic nitrogens is 2.